The van der Waals surface area contributed by atoms with E-state index in [4.69, 9.17) is 5.11 Å². The molecule has 0 amide bonds. The zero-order valence-corrected chi connectivity index (χ0v) is 10.4. The molecule has 1 atom stereocenters. The van der Waals surface area contributed by atoms with E-state index in [0.717, 1.165) is 24.2 Å². The van der Waals surface area contributed by atoms with Gasteiger partial charge < -0.3 is 10.4 Å². The fraction of sp³-hybridized carbons (Fsp3) is 0.636. The van der Waals surface area contributed by atoms with Crippen LogP contribution in [0.5, 0.6) is 0 Å². The minimum atomic E-state index is -0.889. The number of carboxylic acid groups (broad SMARTS) is 1. The van der Waals surface area contributed by atoms with Gasteiger partial charge in [-0.25, -0.2) is 9.78 Å². The third-order valence-electron chi connectivity index (χ3n) is 2.54. The lowest BCUT2D eigenvalue weighted by molar-refractivity contribution is -0.138. The average molecular weight is 238 g/mol. The second kappa shape index (κ2) is 6.12. The molecule has 0 bridgehead atoms. The van der Waals surface area contributed by atoms with Gasteiger partial charge in [-0.1, -0.05) is 19.8 Å². The number of carbonyl (C=O) groups is 1. The number of aromatic nitrogens is 3. The monoisotopic (exact) mass is 238 g/mol. The lowest BCUT2D eigenvalue weighted by Crippen LogP contribution is -2.30. The fourth-order valence-electron chi connectivity index (χ4n) is 1.34. The molecule has 1 aromatic rings. The smallest absolute Gasteiger partial charge is 0.326 e. The summed E-state index contributed by atoms with van der Waals surface area (Å²) >= 11 is 0. The van der Waals surface area contributed by atoms with Crippen LogP contribution in [-0.2, 0) is 4.79 Å². The second-order valence-electron chi connectivity index (χ2n) is 3.98. The van der Waals surface area contributed by atoms with E-state index in [1.54, 1.807) is 0 Å². The molecule has 6 nitrogen and oxygen atoms in total. The maximum absolute atomic E-state index is 11.0. The molecule has 0 spiro atoms. The molecule has 0 radical (unpaired) electrons. The molecular formula is C11H18N4O2. The van der Waals surface area contributed by atoms with E-state index in [2.05, 4.69) is 20.5 Å². The number of carboxylic acids is 1. The summed E-state index contributed by atoms with van der Waals surface area (Å²) in [5.41, 5.74) is 1.50. The average Bonchev–Trinajstić information content (AvgIpc) is 2.28. The Hall–Kier alpha value is -1.72. The molecule has 0 saturated heterocycles. The van der Waals surface area contributed by atoms with Crippen LogP contribution in [0.2, 0.25) is 0 Å². The fourth-order valence-corrected chi connectivity index (χ4v) is 1.34. The van der Waals surface area contributed by atoms with Crippen molar-refractivity contribution >= 4 is 11.9 Å². The molecule has 2 N–H and O–H groups in total. The molecule has 0 aliphatic rings. The van der Waals surface area contributed by atoms with E-state index in [9.17, 15) is 4.79 Å². The third kappa shape index (κ3) is 3.97. The van der Waals surface area contributed by atoms with Gasteiger partial charge in [0, 0.05) is 0 Å². The van der Waals surface area contributed by atoms with Crippen LogP contribution in [-0.4, -0.2) is 32.3 Å². The quantitative estimate of drug-likeness (QED) is 0.781. The molecule has 0 aliphatic carbocycles. The molecule has 1 aromatic heterocycles. The van der Waals surface area contributed by atoms with E-state index in [0.29, 0.717) is 6.42 Å². The SMILES string of the molecule is CCCCC(Nc1nnc(C)c(C)n1)C(=O)O. The Labute approximate surface area is 100 Å². The summed E-state index contributed by atoms with van der Waals surface area (Å²) in [6.07, 6.45) is 2.36. The van der Waals surface area contributed by atoms with Crippen molar-refractivity contribution in [3.8, 4) is 0 Å². The molecule has 17 heavy (non-hydrogen) atoms. The van der Waals surface area contributed by atoms with Gasteiger partial charge in [-0.15, -0.1) is 5.10 Å². The van der Waals surface area contributed by atoms with Crippen LogP contribution in [0.15, 0.2) is 0 Å². The maximum atomic E-state index is 11.0. The molecule has 6 heteroatoms. The van der Waals surface area contributed by atoms with Crippen LogP contribution >= 0.6 is 0 Å². The lowest BCUT2D eigenvalue weighted by Gasteiger charge is -2.13. The normalized spacial score (nSPS) is 12.2. The summed E-state index contributed by atoms with van der Waals surface area (Å²) in [5, 5.41) is 19.6. The first-order valence-corrected chi connectivity index (χ1v) is 5.71. The van der Waals surface area contributed by atoms with Crippen LogP contribution < -0.4 is 5.32 Å². The van der Waals surface area contributed by atoms with Gasteiger partial charge in [0.05, 0.1) is 11.4 Å². The Bertz CT molecular complexity index is 395. The number of unbranched alkanes of at least 4 members (excludes halogenated alkanes) is 1. The third-order valence-corrected chi connectivity index (χ3v) is 2.54. The van der Waals surface area contributed by atoms with Crippen molar-refractivity contribution in [3.05, 3.63) is 11.4 Å². The molecule has 0 aromatic carbocycles. The van der Waals surface area contributed by atoms with Crippen LogP contribution in [0.25, 0.3) is 0 Å². The highest BCUT2D eigenvalue weighted by Gasteiger charge is 2.17. The molecule has 94 valence electrons. The van der Waals surface area contributed by atoms with Crippen molar-refractivity contribution in [1.82, 2.24) is 15.2 Å². The van der Waals surface area contributed by atoms with Gasteiger partial charge >= 0.3 is 5.97 Å². The molecule has 1 rings (SSSR count). The van der Waals surface area contributed by atoms with Gasteiger partial charge in [0.2, 0.25) is 5.95 Å². The number of rotatable bonds is 6. The van der Waals surface area contributed by atoms with Crippen LogP contribution in [0.4, 0.5) is 5.95 Å². The predicted octanol–water partition coefficient (Wildman–Crippen LogP) is 1.54. The van der Waals surface area contributed by atoms with Gasteiger partial charge in [-0.05, 0) is 20.3 Å². The highest BCUT2D eigenvalue weighted by atomic mass is 16.4. The zero-order valence-electron chi connectivity index (χ0n) is 10.4. The molecule has 1 unspecified atom stereocenters. The van der Waals surface area contributed by atoms with Gasteiger partial charge in [-0.3, -0.25) is 0 Å². The summed E-state index contributed by atoms with van der Waals surface area (Å²) < 4.78 is 0. The summed E-state index contributed by atoms with van der Waals surface area (Å²) in [7, 11) is 0. The van der Waals surface area contributed by atoms with Gasteiger partial charge in [0.1, 0.15) is 6.04 Å². The maximum Gasteiger partial charge on any atom is 0.326 e. The molecule has 0 saturated carbocycles. The predicted molar refractivity (Wildman–Crippen MR) is 63.9 cm³/mol. The largest absolute Gasteiger partial charge is 0.480 e. The first kappa shape index (κ1) is 13.3. The van der Waals surface area contributed by atoms with Gasteiger partial charge in [0.25, 0.3) is 0 Å². The molecular weight excluding hydrogens is 220 g/mol. The van der Waals surface area contributed by atoms with Gasteiger partial charge in [0.15, 0.2) is 0 Å². The van der Waals surface area contributed by atoms with Gasteiger partial charge in [-0.2, -0.15) is 5.10 Å². The molecule has 0 aliphatic heterocycles. The van der Waals surface area contributed by atoms with Crippen molar-refractivity contribution in [3.63, 3.8) is 0 Å². The molecule has 1 heterocycles. The highest BCUT2D eigenvalue weighted by Crippen LogP contribution is 2.08. The van der Waals surface area contributed by atoms with Crippen molar-refractivity contribution in [2.24, 2.45) is 0 Å². The van der Waals surface area contributed by atoms with E-state index >= 15 is 0 Å². The first-order chi connectivity index (χ1) is 8.04. The first-order valence-electron chi connectivity index (χ1n) is 5.71. The summed E-state index contributed by atoms with van der Waals surface area (Å²) in [4.78, 5) is 15.2. The minimum absolute atomic E-state index is 0.275. The van der Waals surface area contributed by atoms with Crippen molar-refractivity contribution in [1.29, 1.82) is 0 Å². The summed E-state index contributed by atoms with van der Waals surface area (Å²) in [5.74, 6) is -0.614. The number of nitrogens with zero attached hydrogens (tertiary/aromatic N) is 3. The van der Waals surface area contributed by atoms with Crippen LogP contribution in [0, 0.1) is 13.8 Å². The lowest BCUT2D eigenvalue weighted by atomic mass is 10.1. The minimum Gasteiger partial charge on any atom is -0.480 e. The van der Waals surface area contributed by atoms with E-state index < -0.39 is 12.0 Å². The zero-order chi connectivity index (χ0) is 12.8. The van der Waals surface area contributed by atoms with E-state index in [-0.39, 0.29) is 5.95 Å². The van der Waals surface area contributed by atoms with E-state index in [1.807, 2.05) is 20.8 Å². The van der Waals surface area contributed by atoms with Crippen molar-refractivity contribution in [2.45, 2.75) is 46.1 Å². The van der Waals surface area contributed by atoms with E-state index in [1.165, 1.54) is 0 Å². The number of hydrogen-bond acceptors (Lipinski definition) is 5. The Balaban J connectivity index is 2.71. The van der Waals surface area contributed by atoms with Crippen molar-refractivity contribution < 1.29 is 9.90 Å². The Kier molecular flexibility index (Phi) is 4.81. The second-order valence-corrected chi connectivity index (χ2v) is 3.98. The topological polar surface area (TPSA) is 88.0 Å². The standard InChI is InChI=1S/C11H18N4O2/c1-4-5-6-9(10(16)17)13-11-12-7(2)8(3)14-15-11/h9H,4-6H2,1-3H3,(H,16,17)(H,12,13,15). The summed E-state index contributed by atoms with van der Waals surface area (Å²) in [6, 6.07) is -0.654. The number of hydrogen-bond donors (Lipinski definition) is 2. The van der Waals surface area contributed by atoms with Crippen molar-refractivity contribution in [2.75, 3.05) is 5.32 Å². The Morgan fingerprint density at radius 1 is 1.35 bits per heavy atom. The number of aliphatic carboxylic acids is 1. The Morgan fingerprint density at radius 2 is 2.06 bits per heavy atom. The number of nitrogens with one attached hydrogen (secondary N) is 1. The summed E-state index contributed by atoms with van der Waals surface area (Å²) in [6.45, 7) is 5.65. The number of aryl methyl sites for hydroxylation is 2. The van der Waals surface area contributed by atoms with Crippen LogP contribution in [0.1, 0.15) is 37.6 Å². The van der Waals surface area contributed by atoms with Crippen LogP contribution in [0.3, 0.4) is 0 Å². The molecule has 0 fully saturated rings. The number of anilines is 1. The highest BCUT2D eigenvalue weighted by molar-refractivity contribution is 5.76. The Morgan fingerprint density at radius 3 is 2.59 bits per heavy atom.